The van der Waals surface area contributed by atoms with Gasteiger partial charge in [-0.3, -0.25) is 9.69 Å². The molecule has 0 aliphatic carbocycles. The van der Waals surface area contributed by atoms with Gasteiger partial charge < -0.3 is 14.5 Å². The molecule has 0 aromatic heterocycles. The van der Waals surface area contributed by atoms with E-state index in [0.717, 1.165) is 32.5 Å². The number of carbonyl (C=O) groups excluding carboxylic acids is 2. The summed E-state index contributed by atoms with van der Waals surface area (Å²) in [4.78, 5) is 30.9. The molecule has 2 aromatic carbocycles. The first-order valence-electron chi connectivity index (χ1n) is 11.0. The lowest BCUT2D eigenvalue weighted by Crippen LogP contribution is -2.53. The Morgan fingerprint density at radius 3 is 2.30 bits per heavy atom. The molecule has 2 amide bonds. The van der Waals surface area contributed by atoms with Crippen LogP contribution in [0.1, 0.15) is 25.3 Å². The van der Waals surface area contributed by atoms with Gasteiger partial charge in [0.2, 0.25) is 5.91 Å². The predicted octanol–water partition coefficient (Wildman–Crippen LogP) is 3.35. The largest absolute Gasteiger partial charge is 0.450 e. The zero-order valence-corrected chi connectivity index (χ0v) is 17.8. The lowest BCUT2D eigenvalue weighted by molar-refractivity contribution is -0.138. The predicted molar refractivity (Wildman–Crippen MR) is 117 cm³/mol. The highest BCUT2D eigenvalue weighted by molar-refractivity contribution is 5.85. The zero-order chi connectivity index (χ0) is 20.9. The van der Waals surface area contributed by atoms with E-state index < -0.39 is 0 Å². The molecule has 0 radical (unpaired) electrons. The van der Waals surface area contributed by atoms with Gasteiger partial charge in [-0.05, 0) is 49.2 Å². The van der Waals surface area contributed by atoms with E-state index in [1.807, 2.05) is 11.8 Å². The van der Waals surface area contributed by atoms with Crippen molar-refractivity contribution in [2.24, 2.45) is 5.92 Å². The van der Waals surface area contributed by atoms with Crippen molar-refractivity contribution < 1.29 is 14.3 Å². The highest BCUT2D eigenvalue weighted by atomic mass is 16.6. The Labute approximate surface area is 178 Å². The van der Waals surface area contributed by atoms with Gasteiger partial charge in [-0.25, -0.2) is 4.79 Å². The van der Waals surface area contributed by atoms with Crippen LogP contribution in [0.15, 0.2) is 42.5 Å². The van der Waals surface area contributed by atoms with Crippen molar-refractivity contribution in [2.45, 2.75) is 26.3 Å². The molecule has 2 aliphatic rings. The van der Waals surface area contributed by atoms with Crippen molar-refractivity contribution >= 4 is 22.8 Å². The van der Waals surface area contributed by atoms with Gasteiger partial charge >= 0.3 is 6.09 Å². The van der Waals surface area contributed by atoms with Gasteiger partial charge in [0.1, 0.15) is 0 Å². The molecule has 160 valence electrons. The average Bonchev–Trinajstić information content (AvgIpc) is 2.80. The Morgan fingerprint density at radius 1 is 0.900 bits per heavy atom. The van der Waals surface area contributed by atoms with Gasteiger partial charge in [0, 0.05) is 38.6 Å². The second kappa shape index (κ2) is 9.47. The number of ether oxygens (including phenoxy) is 1. The lowest BCUT2D eigenvalue weighted by Gasteiger charge is -2.38. The Kier molecular flexibility index (Phi) is 6.53. The van der Waals surface area contributed by atoms with Crippen LogP contribution in [0.4, 0.5) is 4.79 Å². The third-order valence-corrected chi connectivity index (χ3v) is 6.33. The van der Waals surface area contributed by atoms with Crippen molar-refractivity contribution in [3.05, 3.63) is 48.0 Å². The Morgan fingerprint density at radius 2 is 1.57 bits per heavy atom. The van der Waals surface area contributed by atoms with E-state index in [9.17, 15) is 9.59 Å². The topological polar surface area (TPSA) is 53.1 Å². The SMILES string of the molecule is CCOC(=O)N1CCN(C(=O)C2CCN(Cc3cccc4ccccc34)CC2)CC1. The summed E-state index contributed by atoms with van der Waals surface area (Å²) in [6.07, 6.45) is 1.54. The maximum Gasteiger partial charge on any atom is 0.409 e. The molecule has 0 N–H and O–H groups in total. The van der Waals surface area contributed by atoms with Crippen LogP contribution in [0.5, 0.6) is 0 Å². The fourth-order valence-corrected chi connectivity index (χ4v) is 4.59. The number of carbonyl (C=O) groups is 2. The lowest BCUT2D eigenvalue weighted by atomic mass is 9.94. The summed E-state index contributed by atoms with van der Waals surface area (Å²) in [5.74, 6) is 0.353. The number of likely N-dealkylation sites (tertiary alicyclic amines) is 1. The number of amides is 2. The number of hydrogen-bond acceptors (Lipinski definition) is 4. The highest BCUT2D eigenvalue weighted by Crippen LogP contribution is 2.25. The molecule has 0 atom stereocenters. The van der Waals surface area contributed by atoms with E-state index in [1.54, 1.807) is 4.90 Å². The third-order valence-electron chi connectivity index (χ3n) is 6.33. The van der Waals surface area contributed by atoms with E-state index in [4.69, 9.17) is 4.74 Å². The van der Waals surface area contributed by atoms with Gasteiger partial charge in [-0.2, -0.15) is 0 Å². The molecular weight excluding hydrogens is 378 g/mol. The van der Waals surface area contributed by atoms with Crippen LogP contribution in [0, 0.1) is 5.92 Å². The Balaban J connectivity index is 1.27. The maximum atomic E-state index is 13.0. The molecule has 4 rings (SSSR count). The van der Waals surface area contributed by atoms with E-state index in [0.29, 0.717) is 32.8 Å². The van der Waals surface area contributed by atoms with Crippen molar-refractivity contribution in [1.29, 1.82) is 0 Å². The summed E-state index contributed by atoms with van der Waals surface area (Å²) in [5, 5.41) is 2.60. The van der Waals surface area contributed by atoms with Crippen LogP contribution < -0.4 is 0 Å². The summed E-state index contributed by atoms with van der Waals surface area (Å²) in [6.45, 7) is 7.35. The smallest absolute Gasteiger partial charge is 0.409 e. The van der Waals surface area contributed by atoms with E-state index in [1.165, 1.54) is 16.3 Å². The van der Waals surface area contributed by atoms with E-state index in [-0.39, 0.29) is 17.9 Å². The van der Waals surface area contributed by atoms with E-state index >= 15 is 0 Å². The minimum atomic E-state index is -0.272. The molecule has 6 heteroatoms. The highest BCUT2D eigenvalue weighted by Gasteiger charge is 2.31. The molecule has 2 heterocycles. The molecule has 2 aliphatic heterocycles. The van der Waals surface area contributed by atoms with Gasteiger partial charge in [-0.15, -0.1) is 0 Å². The second-order valence-corrected chi connectivity index (χ2v) is 8.20. The fourth-order valence-electron chi connectivity index (χ4n) is 4.59. The second-order valence-electron chi connectivity index (χ2n) is 8.20. The summed E-state index contributed by atoms with van der Waals surface area (Å²) < 4.78 is 5.06. The quantitative estimate of drug-likeness (QED) is 0.777. The van der Waals surface area contributed by atoms with Gasteiger partial charge in [0.05, 0.1) is 6.61 Å². The van der Waals surface area contributed by atoms with Crippen molar-refractivity contribution in [3.8, 4) is 0 Å². The fraction of sp³-hybridized carbons (Fsp3) is 0.500. The summed E-state index contributed by atoms with van der Waals surface area (Å²) in [5.41, 5.74) is 1.35. The van der Waals surface area contributed by atoms with Gasteiger partial charge in [0.15, 0.2) is 0 Å². The summed E-state index contributed by atoms with van der Waals surface area (Å²) in [6, 6.07) is 15.0. The minimum Gasteiger partial charge on any atom is -0.450 e. The van der Waals surface area contributed by atoms with Crippen LogP contribution >= 0.6 is 0 Å². The standard InChI is InChI=1S/C24H31N3O3/c1-2-30-24(29)27-16-14-26(15-17-27)23(28)20-10-12-25(13-11-20)18-21-8-5-7-19-6-3-4-9-22(19)21/h3-9,20H,2,10-18H2,1H3. The van der Waals surface area contributed by atoms with Crippen molar-refractivity contribution in [1.82, 2.24) is 14.7 Å². The summed E-state index contributed by atoms with van der Waals surface area (Å²) in [7, 11) is 0. The van der Waals surface area contributed by atoms with Crippen LogP contribution in [-0.4, -0.2) is 72.6 Å². The maximum absolute atomic E-state index is 13.0. The first kappa shape index (κ1) is 20.7. The molecule has 0 bridgehead atoms. The molecule has 0 spiro atoms. The minimum absolute atomic E-state index is 0.0999. The molecule has 0 saturated carbocycles. The molecule has 6 nitrogen and oxygen atoms in total. The number of piperidine rings is 1. The first-order chi connectivity index (χ1) is 14.7. The average molecular weight is 410 g/mol. The zero-order valence-electron chi connectivity index (χ0n) is 17.8. The molecule has 2 fully saturated rings. The molecule has 30 heavy (non-hydrogen) atoms. The number of nitrogens with zero attached hydrogens (tertiary/aromatic N) is 3. The van der Waals surface area contributed by atoms with Gasteiger partial charge in [-0.1, -0.05) is 42.5 Å². The number of piperazine rings is 1. The van der Waals surface area contributed by atoms with Crippen molar-refractivity contribution in [3.63, 3.8) is 0 Å². The Bertz CT molecular complexity index is 879. The monoisotopic (exact) mass is 409 g/mol. The molecule has 0 unspecified atom stereocenters. The van der Waals surface area contributed by atoms with Crippen LogP contribution in [0.3, 0.4) is 0 Å². The van der Waals surface area contributed by atoms with Crippen LogP contribution in [0.2, 0.25) is 0 Å². The third kappa shape index (κ3) is 4.59. The van der Waals surface area contributed by atoms with Crippen LogP contribution in [0.25, 0.3) is 10.8 Å². The molecule has 2 aromatic rings. The first-order valence-corrected chi connectivity index (χ1v) is 11.0. The number of fused-ring (bicyclic) bond motifs is 1. The number of benzene rings is 2. The molecule has 2 saturated heterocycles. The number of rotatable bonds is 4. The van der Waals surface area contributed by atoms with Crippen molar-refractivity contribution in [2.75, 3.05) is 45.9 Å². The number of hydrogen-bond donors (Lipinski definition) is 0. The summed E-state index contributed by atoms with van der Waals surface area (Å²) >= 11 is 0. The van der Waals surface area contributed by atoms with Gasteiger partial charge in [0.25, 0.3) is 0 Å². The Hall–Kier alpha value is -2.60. The van der Waals surface area contributed by atoms with E-state index in [2.05, 4.69) is 47.4 Å². The normalized spacial score (nSPS) is 18.6. The molecular formula is C24H31N3O3. The van der Waals surface area contributed by atoms with Crippen LogP contribution in [-0.2, 0) is 16.1 Å².